The van der Waals surface area contributed by atoms with E-state index in [-0.39, 0.29) is 0 Å². The molecule has 1 aliphatic rings. The maximum atomic E-state index is 5.78. The molecule has 0 aliphatic carbocycles. The maximum Gasteiger partial charge on any atom is 0.124 e. The molecule has 1 aliphatic heterocycles. The Labute approximate surface area is 117 Å². The number of hydrogen-bond acceptors (Lipinski definition) is 4. The van der Waals surface area contributed by atoms with Crippen LogP contribution in [-0.2, 0) is 6.54 Å². The summed E-state index contributed by atoms with van der Waals surface area (Å²) in [5, 5.41) is 3.66. The lowest BCUT2D eigenvalue weighted by atomic mass is 9.92. The highest BCUT2D eigenvalue weighted by Gasteiger charge is 2.27. The molecule has 4 heteroatoms. The molecule has 0 radical (unpaired) electrons. The molecule has 2 unspecified atom stereocenters. The Bertz CT molecular complexity index is 567. The summed E-state index contributed by atoms with van der Waals surface area (Å²) >= 11 is 1.72. The molecule has 2 atom stereocenters. The summed E-state index contributed by atoms with van der Waals surface area (Å²) in [5.74, 6) is 1.49. The van der Waals surface area contributed by atoms with Crippen molar-refractivity contribution >= 4 is 11.3 Å². The van der Waals surface area contributed by atoms with Gasteiger partial charge < -0.3 is 10.1 Å². The van der Waals surface area contributed by atoms with Gasteiger partial charge in [-0.05, 0) is 13.0 Å². The van der Waals surface area contributed by atoms with Gasteiger partial charge in [0.25, 0.3) is 0 Å². The third kappa shape index (κ3) is 2.51. The zero-order chi connectivity index (χ0) is 13.2. The summed E-state index contributed by atoms with van der Waals surface area (Å²) in [5.41, 5.74) is 4.31. The molecule has 0 saturated heterocycles. The van der Waals surface area contributed by atoms with Gasteiger partial charge in [-0.25, -0.2) is 4.98 Å². The maximum absolute atomic E-state index is 5.78. The van der Waals surface area contributed by atoms with Crippen LogP contribution in [0, 0.1) is 12.8 Å². The summed E-state index contributed by atoms with van der Waals surface area (Å²) in [6, 6.07) is 8.66. The molecule has 1 aromatic carbocycles. The van der Waals surface area contributed by atoms with Gasteiger partial charge >= 0.3 is 0 Å². The minimum absolute atomic E-state index is 0.353. The Balaban J connectivity index is 1.78. The highest BCUT2D eigenvalue weighted by molar-refractivity contribution is 7.09. The monoisotopic (exact) mass is 274 g/mol. The first-order chi connectivity index (χ1) is 9.25. The fourth-order valence-corrected chi connectivity index (χ4v) is 3.23. The summed E-state index contributed by atoms with van der Waals surface area (Å²) < 4.78 is 5.78. The van der Waals surface area contributed by atoms with Crippen molar-refractivity contribution in [2.24, 2.45) is 5.92 Å². The van der Waals surface area contributed by atoms with E-state index in [1.54, 1.807) is 11.3 Å². The number of ether oxygens (including phenoxy) is 1. The first-order valence-corrected chi connectivity index (χ1v) is 7.47. The average Bonchev–Trinajstić information content (AvgIpc) is 2.83. The minimum atomic E-state index is 0.353. The SMILES string of the molecule is Cc1ncsc1CNC1c2ccccc2OCC1C. The number of benzene rings is 1. The molecule has 0 fully saturated rings. The molecule has 19 heavy (non-hydrogen) atoms. The van der Waals surface area contributed by atoms with Crippen LogP contribution in [0.4, 0.5) is 0 Å². The van der Waals surface area contributed by atoms with Crippen LogP contribution >= 0.6 is 11.3 Å². The molecule has 1 N–H and O–H groups in total. The van der Waals surface area contributed by atoms with E-state index in [1.165, 1.54) is 10.4 Å². The van der Waals surface area contributed by atoms with Gasteiger partial charge in [-0.2, -0.15) is 0 Å². The Morgan fingerprint density at radius 3 is 3.05 bits per heavy atom. The van der Waals surface area contributed by atoms with Crippen LogP contribution in [-0.4, -0.2) is 11.6 Å². The van der Waals surface area contributed by atoms with Crippen molar-refractivity contribution in [3.8, 4) is 5.75 Å². The van der Waals surface area contributed by atoms with Crippen molar-refractivity contribution in [1.82, 2.24) is 10.3 Å². The normalized spacial score (nSPS) is 21.8. The van der Waals surface area contributed by atoms with Crippen LogP contribution in [0.2, 0.25) is 0 Å². The number of nitrogens with one attached hydrogen (secondary N) is 1. The predicted octanol–water partition coefficient (Wildman–Crippen LogP) is 3.31. The largest absolute Gasteiger partial charge is 0.493 e. The highest BCUT2D eigenvalue weighted by Crippen LogP contribution is 2.35. The number of aryl methyl sites for hydroxylation is 1. The van der Waals surface area contributed by atoms with Gasteiger partial charge in [-0.3, -0.25) is 0 Å². The van der Waals surface area contributed by atoms with Crippen LogP contribution in [0.25, 0.3) is 0 Å². The summed E-state index contributed by atoms with van der Waals surface area (Å²) in [6.45, 7) is 5.94. The number of nitrogens with zero attached hydrogens (tertiary/aromatic N) is 1. The average molecular weight is 274 g/mol. The van der Waals surface area contributed by atoms with Crippen molar-refractivity contribution in [2.75, 3.05) is 6.61 Å². The molecule has 1 aromatic heterocycles. The summed E-state index contributed by atoms with van der Waals surface area (Å²) in [6.07, 6.45) is 0. The number of para-hydroxylation sites is 1. The van der Waals surface area contributed by atoms with Crippen LogP contribution < -0.4 is 10.1 Å². The second-order valence-electron chi connectivity index (χ2n) is 5.05. The predicted molar refractivity (Wildman–Crippen MR) is 77.5 cm³/mol. The first kappa shape index (κ1) is 12.6. The van der Waals surface area contributed by atoms with Crippen LogP contribution in [0.15, 0.2) is 29.8 Å². The third-order valence-electron chi connectivity index (χ3n) is 3.65. The van der Waals surface area contributed by atoms with Gasteiger partial charge in [0.15, 0.2) is 0 Å². The molecular weight excluding hydrogens is 256 g/mol. The number of aromatic nitrogens is 1. The molecule has 2 heterocycles. The van der Waals surface area contributed by atoms with E-state index in [4.69, 9.17) is 4.74 Å². The van der Waals surface area contributed by atoms with Gasteiger partial charge in [0.1, 0.15) is 5.75 Å². The second-order valence-corrected chi connectivity index (χ2v) is 5.98. The van der Waals surface area contributed by atoms with Crippen molar-refractivity contribution in [1.29, 1.82) is 0 Å². The van der Waals surface area contributed by atoms with Crippen LogP contribution in [0.1, 0.15) is 29.1 Å². The molecule has 3 nitrogen and oxygen atoms in total. The zero-order valence-corrected chi connectivity index (χ0v) is 12.0. The first-order valence-electron chi connectivity index (χ1n) is 6.60. The summed E-state index contributed by atoms with van der Waals surface area (Å²) in [4.78, 5) is 5.61. The minimum Gasteiger partial charge on any atom is -0.493 e. The van der Waals surface area contributed by atoms with E-state index in [0.29, 0.717) is 12.0 Å². The second kappa shape index (κ2) is 5.31. The van der Waals surface area contributed by atoms with Gasteiger partial charge in [-0.1, -0.05) is 25.1 Å². The van der Waals surface area contributed by atoms with E-state index in [2.05, 4.69) is 36.3 Å². The van der Waals surface area contributed by atoms with E-state index in [9.17, 15) is 0 Å². The molecule has 3 rings (SSSR count). The fourth-order valence-electron chi connectivity index (χ4n) is 2.50. The lowest BCUT2D eigenvalue weighted by Gasteiger charge is -2.32. The quantitative estimate of drug-likeness (QED) is 0.932. The van der Waals surface area contributed by atoms with Crippen molar-refractivity contribution in [3.05, 3.63) is 45.9 Å². The zero-order valence-electron chi connectivity index (χ0n) is 11.2. The van der Waals surface area contributed by atoms with Crippen LogP contribution in [0.3, 0.4) is 0 Å². The molecule has 100 valence electrons. The summed E-state index contributed by atoms with van der Waals surface area (Å²) in [7, 11) is 0. The van der Waals surface area contributed by atoms with E-state index in [1.807, 2.05) is 17.6 Å². The molecule has 0 bridgehead atoms. The van der Waals surface area contributed by atoms with E-state index in [0.717, 1.165) is 24.6 Å². The van der Waals surface area contributed by atoms with Crippen LogP contribution in [0.5, 0.6) is 5.75 Å². The Kier molecular flexibility index (Phi) is 3.53. The number of fused-ring (bicyclic) bond motifs is 1. The van der Waals surface area contributed by atoms with Crippen molar-refractivity contribution in [2.45, 2.75) is 26.4 Å². The van der Waals surface area contributed by atoms with Gasteiger partial charge in [0, 0.05) is 28.9 Å². The highest BCUT2D eigenvalue weighted by atomic mass is 32.1. The number of hydrogen-bond donors (Lipinski definition) is 1. The standard InChI is InChI=1S/C15H18N2OS/c1-10-8-18-13-6-4-3-5-12(13)15(10)16-7-14-11(2)17-9-19-14/h3-6,9-10,15-16H,7-8H2,1-2H3. The van der Waals surface area contributed by atoms with E-state index >= 15 is 0 Å². The Morgan fingerprint density at radius 1 is 1.42 bits per heavy atom. The van der Waals surface area contributed by atoms with Gasteiger partial charge in [0.2, 0.25) is 0 Å². The molecule has 0 amide bonds. The molecular formula is C15H18N2OS. The topological polar surface area (TPSA) is 34.2 Å². The Morgan fingerprint density at radius 2 is 2.26 bits per heavy atom. The van der Waals surface area contributed by atoms with E-state index < -0.39 is 0 Å². The van der Waals surface area contributed by atoms with Gasteiger partial charge in [0.05, 0.1) is 17.8 Å². The van der Waals surface area contributed by atoms with Crippen molar-refractivity contribution in [3.63, 3.8) is 0 Å². The number of rotatable bonds is 3. The molecule has 0 saturated carbocycles. The fraction of sp³-hybridized carbons (Fsp3) is 0.400. The third-order valence-corrected chi connectivity index (χ3v) is 4.59. The lowest BCUT2D eigenvalue weighted by molar-refractivity contribution is 0.188. The molecule has 0 spiro atoms. The smallest absolute Gasteiger partial charge is 0.124 e. The molecule has 2 aromatic rings. The Hall–Kier alpha value is -1.39. The lowest BCUT2D eigenvalue weighted by Crippen LogP contribution is -2.33. The van der Waals surface area contributed by atoms with Gasteiger partial charge in [-0.15, -0.1) is 11.3 Å². The number of thiazole rings is 1. The van der Waals surface area contributed by atoms with Crippen molar-refractivity contribution < 1.29 is 4.74 Å².